The molecule has 150 valence electrons. The molecule has 7 heteroatoms. The summed E-state index contributed by atoms with van der Waals surface area (Å²) < 4.78 is 7.38. The summed E-state index contributed by atoms with van der Waals surface area (Å²) in [4.78, 5) is 20.5. The van der Waals surface area contributed by atoms with Gasteiger partial charge in [-0.15, -0.1) is 0 Å². The Kier molecular flexibility index (Phi) is 6.52. The normalized spacial score (nSPS) is 11.8. The first kappa shape index (κ1) is 20.4. The minimum atomic E-state index is -0.255. The maximum absolute atomic E-state index is 13.0. The molecule has 0 unspecified atom stereocenters. The highest BCUT2D eigenvalue weighted by Crippen LogP contribution is 2.22. The van der Waals surface area contributed by atoms with Gasteiger partial charge in [-0.1, -0.05) is 23.3 Å². The van der Waals surface area contributed by atoms with Crippen LogP contribution < -0.4 is 10.3 Å². The molecule has 2 aromatic carbocycles. The fraction of sp³-hybridized carbons (Fsp3) is 0.364. The third-order valence-electron chi connectivity index (χ3n) is 5.18. The first-order chi connectivity index (χ1) is 14.0. The number of hydrogen-bond acceptors (Lipinski definition) is 4. The van der Waals surface area contributed by atoms with Crippen molar-refractivity contribution in [3.05, 3.63) is 80.1 Å². The average molecular weight is 391 g/mol. The van der Waals surface area contributed by atoms with E-state index in [0.29, 0.717) is 18.7 Å². The summed E-state index contributed by atoms with van der Waals surface area (Å²) in [5, 5.41) is 3.72. The quantitative estimate of drug-likeness (QED) is 0.239. The lowest BCUT2D eigenvalue weighted by atomic mass is 9.99. The minimum absolute atomic E-state index is 0.150. The number of azide groups is 1. The van der Waals surface area contributed by atoms with Crippen molar-refractivity contribution in [2.45, 2.75) is 32.6 Å². The van der Waals surface area contributed by atoms with Gasteiger partial charge in [0, 0.05) is 24.4 Å². The summed E-state index contributed by atoms with van der Waals surface area (Å²) in [5.41, 5.74) is 12.9. The highest BCUT2D eigenvalue weighted by Gasteiger charge is 2.19. The molecule has 0 radical (unpaired) electrons. The van der Waals surface area contributed by atoms with Crippen LogP contribution in [0.5, 0.6) is 5.75 Å². The van der Waals surface area contributed by atoms with Crippen LogP contribution >= 0.6 is 0 Å². The van der Waals surface area contributed by atoms with Crippen LogP contribution in [0.15, 0.2) is 52.4 Å². The van der Waals surface area contributed by atoms with Crippen LogP contribution in [0.1, 0.15) is 35.6 Å². The van der Waals surface area contributed by atoms with Gasteiger partial charge in [-0.05, 0) is 67.6 Å². The Labute approximate surface area is 169 Å². The zero-order valence-corrected chi connectivity index (χ0v) is 17.0. The number of para-hydroxylation sites is 1. The number of aryl methyl sites for hydroxylation is 3. The molecule has 0 fully saturated rings. The molecule has 29 heavy (non-hydrogen) atoms. The fourth-order valence-electron chi connectivity index (χ4n) is 3.35. The Hall–Kier alpha value is -3.31. The number of rotatable bonds is 8. The van der Waals surface area contributed by atoms with Crippen LogP contribution in [-0.4, -0.2) is 22.7 Å². The van der Waals surface area contributed by atoms with Crippen LogP contribution in [0, 0.1) is 13.8 Å². The fourth-order valence-corrected chi connectivity index (χ4v) is 3.35. The van der Waals surface area contributed by atoms with Crippen molar-refractivity contribution in [1.29, 1.82) is 0 Å². The topological polar surface area (TPSA) is 92.9 Å². The molecule has 0 aliphatic heterocycles. The van der Waals surface area contributed by atoms with Gasteiger partial charge in [-0.25, -0.2) is 4.98 Å². The van der Waals surface area contributed by atoms with Crippen LogP contribution in [0.25, 0.3) is 21.5 Å². The maximum atomic E-state index is 13.0. The number of hydrogen-bond donors (Lipinski definition) is 0. The lowest BCUT2D eigenvalue weighted by Gasteiger charge is -2.17. The van der Waals surface area contributed by atoms with E-state index in [1.54, 1.807) is 11.6 Å². The lowest BCUT2D eigenvalue weighted by Crippen LogP contribution is -2.27. The Balaban J connectivity index is 1.84. The standard InChI is InChI=1S/C22H25N5O2/c1-15-12-19-20(13-16(15)2)27(3)22(28)21(25-19)17(14-24-26-23)8-7-11-29-18-9-5-4-6-10-18/h4-6,9-10,12-13,17H,7-8,11,14H2,1-3H3/t17-/m1/s1. The molecule has 3 aromatic rings. The summed E-state index contributed by atoms with van der Waals surface area (Å²) in [5.74, 6) is 0.555. The summed E-state index contributed by atoms with van der Waals surface area (Å²) >= 11 is 0. The van der Waals surface area contributed by atoms with E-state index >= 15 is 0 Å². The number of nitrogens with zero attached hydrogens (tertiary/aromatic N) is 5. The monoisotopic (exact) mass is 391 g/mol. The molecule has 0 spiro atoms. The molecule has 7 nitrogen and oxygen atoms in total. The second-order valence-corrected chi connectivity index (χ2v) is 7.20. The van der Waals surface area contributed by atoms with E-state index in [2.05, 4.69) is 15.0 Å². The molecule has 1 aromatic heterocycles. The van der Waals surface area contributed by atoms with Crippen LogP contribution in [0.3, 0.4) is 0 Å². The smallest absolute Gasteiger partial charge is 0.272 e. The first-order valence-corrected chi connectivity index (χ1v) is 9.68. The summed E-state index contributed by atoms with van der Waals surface area (Å²) in [6.07, 6.45) is 1.36. The Bertz CT molecular complexity index is 1100. The average Bonchev–Trinajstić information content (AvgIpc) is 2.73. The minimum Gasteiger partial charge on any atom is -0.494 e. The van der Waals surface area contributed by atoms with Crippen LogP contribution in [0.4, 0.5) is 0 Å². The highest BCUT2D eigenvalue weighted by molar-refractivity contribution is 5.77. The van der Waals surface area contributed by atoms with Crippen molar-refractivity contribution in [2.24, 2.45) is 12.2 Å². The third-order valence-corrected chi connectivity index (χ3v) is 5.18. The van der Waals surface area contributed by atoms with E-state index in [1.807, 2.05) is 56.3 Å². The molecular formula is C22H25N5O2. The first-order valence-electron chi connectivity index (χ1n) is 9.68. The van der Waals surface area contributed by atoms with Gasteiger partial charge in [-0.3, -0.25) is 4.79 Å². The molecule has 0 saturated heterocycles. The molecule has 0 aliphatic rings. The number of fused-ring (bicyclic) bond motifs is 1. The van der Waals surface area contributed by atoms with Crippen LogP contribution in [0.2, 0.25) is 0 Å². The molecule has 0 amide bonds. The molecule has 0 saturated carbocycles. The second-order valence-electron chi connectivity index (χ2n) is 7.20. The van der Waals surface area contributed by atoms with Gasteiger partial charge in [0.05, 0.1) is 17.6 Å². The van der Waals surface area contributed by atoms with E-state index in [1.165, 1.54) is 0 Å². The molecular weight excluding hydrogens is 366 g/mol. The van der Waals surface area contributed by atoms with E-state index in [4.69, 9.17) is 10.3 Å². The third kappa shape index (κ3) is 4.76. The zero-order chi connectivity index (χ0) is 20.8. The summed E-state index contributed by atoms with van der Waals surface area (Å²) in [6.45, 7) is 4.76. The molecule has 3 rings (SSSR count). The SMILES string of the molecule is Cc1cc2nc([C@H](CCCOc3ccccc3)CN=[N+]=[N-])c(=O)n(C)c2cc1C. The second kappa shape index (κ2) is 9.26. The molecule has 1 atom stereocenters. The van der Waals surface area contributed by atoms with Crippen molar-refractivity contribution in [2.75, 3.05) is 13.2 Å². The van der Waals surface area contributed by atoms with Crippen molar-refractivity contribution in [3.63, 3.8) is 0 Å². The van der Waals surface area contributed by atoms with Crippen molar-refractivity contribution in [3.8, 4) is 5.75 Å². The van der Waals surface area contributed by atoms with Gasteiger partial charge in [0.1, 0.15) is 11.4 Å². The predicted octanol–water partition coefficient (Wildman–Crippen LogP) is 4.80. The van der Waals surface area contributed by atoms with Gasteiger partial charge in [0.25, 0.3) is 5.56 Å². The molecule has 0 aliphatic carbocycles. The number of ether oxygens (including phenoxy) is 1. The molecule has 1 heterocycles. The number of benzene rings is 2. The highest BCUT2D eigenvalue weighted by atomic mass is 16.5. The van der Waals surface area contributed by atoms with E-state index in [-0.39, 0.29) is 18.0 Å². The zero-order valence-electron chi connectivity index (χ0n) is 17.0. The van der Waals surface area contributed by atoms with Gasteiger partial charge in [-0.2, -0.15) is 0 Å². The summed E-state index contributed by atoms with van der Waals surface area (Å²) in [6, 6.07) is 13.6. The maximum Gasteiger partial charge on any atom is 0.272 e. The molecule has 0 N–H and O–H groups in total. The Morgan fingerprint density at radius 3 is 2.66 bits per heavy atom. The Morgan fingerprint density at radius 1 is 1.21 bits per heavy atom. The van der Waals surface area contributed by atoms with Gasteiger partial charge in [0.2, 0.25) is 0 Å². The largest absolute Gasteiger partial charge is 0.494 e. The lowest BCUT2D eigenvalue weighted by molar-refractivity contribution is 0.301. The van der Waals surface area contributed by atoms with E-state index < -0.39 is 0 Å². The van der Waals surface area contributed by atoms with E-state index in [0.717, 1.165) is 34.3 Å². The summed E-state index contributed by atoms with van der Waals surface area (Å²) in [7, 11) is 1.76. The van der Waals surface area contributed by atoms with Crippen LogP contribution in [-0.2, 0) is 7.05 Å². The van der Waals surface area contributed by atoms with Crippen molar-refractivity contribution >= 4 is 11.0 Å². The van der Waals surface area contributed by atoms with Crippen molar-refractivity contribution < 1.29 is 4.74 Å². The Morgan fingerprint density at radius 2 is 1.93 bits per heavy atom. The predicted molar refractivity (Wildman–Crippen MR) is 114 cm³/mol. The van der Waals surface area contributed by atoms with Gasteiger partial charge < -0.3 is 9.30 Å². The van der Waals surface area contributed by atoms with E-state index in [9.17, 15) is 4.79 Å². The molecule has 0 bridgehead atoms. The van der Waals surface area contributed by atoms with Crippen molar-refractivity contribution in [1.82, 2.24) is 9.55 Å². The van der Waals surface area contributed by atoms with Gasteiger partial charge >= 0.3 is 0 Å². The number of aromatic nitrogens is 2. The van der Waals surface area contributed by atoms with Gasteiger partial charge in [0.15, 0.2) is 0 Å².